The molecular formula is C13H18N4O2. The second kappa shape index (κ2) is 6.17. The Labute approximate surface area is 111 Å². The minimum atomic E-state index is -0.119. The molecule has 2 aromatic rings. The number of nitrogens with zero attached hydrogens (tertiary/aromatic N) is 3. The number of aromatic nitrogens is 3. The Morgan fingerprint density at radius 3 is 2.89 bits per heavy atom. The molecule has 0 fully saturated rings. The van der Waals surface area contributed by atoms with Gasteiger partial charge in [0.05, 0.1) is 12.7 Å². The van der Waals surface area contributed by atoms with Crippen molar-refractivity contribution in [3.05, 3.63) is 40.6 Å². The standard InChI is InChI=1S/C13H18N4O2/c1-3-6-17-7-5-14-12(13(17)18)16-9-11-15-8-10(4-2)19-11/h5,7-8H,3-4,6,9H2,1-2H3,(H,14,16). The van der Waals surface area contributed by atoms with E-state index in [1.165, 1.54) is 0 Å². The highest BCUT2D eigenvalue weighted by Crippen LogP contribution is 2.05. The van der Waals surface area contributed by atoms with Gasteiger partial charge in [0, 0.05) is 25.4 Å². The lowest BCUT2D eigenvalue weighted by atomic mass is 10.4. The van der Waals surface area contributed by atoms with E-state index < -0.39 is 0 Å². The van der Waals surface area contributed by atoms with Crippen LogP contribution in [0.2, 0.25) is 0 Å². The van der Waals surface area contributed by atoms with Crippen LogP contribution in [0.1, 0.15) is 31.9 Å². The van der Waals surface area contributed by atoms with Gasteiger partial charge in [-0.3, -0.25) is 4.79 Å². The summed E-state index contributed by atoms with van der Waals surface area (Å²) in [5.74, 6) is 1.72. The molecule has 2 heterocycles. The van der Waals surface area contributed by atoms with Crippen LogP contribution in [0, 0.1) is 0 Å². The summed E-state index contributed by atoms with van der Waals surface area (Å²) in [4.78, 5) is 20.2. The number of aryl methyl sites for hydroxylation is 2. The van der Waals surface area contributed by atoms with Crippen molar-refractivity contribution in [1.82, 2.24) is 14.5 Å². The van der Waals surface area contributed by atoms with E-state index in [9.17, 15) is 4.79 Å². The Kier molecular flexibility index (Phi) is 4.33. The molecule has 0 aliphatic rings. The predicted molar refractivity (Wildman–Crippen MR) is 72.0 cm³/mol. The molecule has 2 rings (SSSR count). The first-order valence-electron chi connectivity index (χ1n) is 6.47. The van der Waals surface area contributed by atoms with Crippen LogP contribution in [-0.4, -0.2) is 14.5 Å². The van der Waals surface area contributed by atoms with Crippen molar-refractivity contribution >= 4 is 5.82 Å². The van der Waals surface area contributed by atoms with Crippen LogP contribution in [0.15, 0.2) is 27.8 Å². The van der Waals surface area contributed by atoms with Gasteiger partial charge in [0.15, 0.2) is 5.82 Å². The first kappa shape index (κ1) is 13.3. The zero-order chi connectivity index (χ0) is 13.7. The van der Waals surface area contributed by atoms with Gasteiger partial charge in [-0.2, -0.15) is 0 Å². The smallest absolute Gasteiger partial charge is 0.293 e. The normalized spacial score (nSPS) is 10.6. The van der Waals surface area contributed by atoms with Gasteiger partial charge in [0.25, 0.3) is 5.56 Å². The Balaban J connectivity index is 2.07. The van der Waals surface area contributed by atoms with Crippen LogP contribution in [0.4, 0.5) is 5.82 Å². The van der Waals surface area contributed by atoms with Crippen molar-refractivity contribution in [2.24, 2.45) is 0 Å². The SMILES string of the molecule is CCCn1ccnc(NCc2ncc(CC)o2)c1=O. The maximum atomic E-state index is 12.0. The van der Waals surface area contributed by atoms with E-state index in [4.69, 9.17) is 4.42 Å². The summed E-state index contributed by atoms with van der Waals surface area (Å²) in [6, 6.07) is 0. The predicted octanol–water partition coefficient (Wildman–Crippen LogP) is 1.82. The molecule has 0 aliphatic carbocycles. The fourth-order valence-corrected chi connectivity index (χ4v) is 1.74. The van der Waals surface area contributed by atoms with Crippen LogP contribution in [0.5, 0.6) is 0 Å². The maximum absolute atomic E-state index is 12.0. The molecule has 0 aliphatic heterocycles. The Bertz CT molecular complexity index is 588. The molecule has 6 heteroatoms. The molecule has 0 saturated heterocycles. The second-order valence-electron chi connectivity index (χ2n) is 4.20. The largest absolute Gasteiger partial charge is 0.444 e. The third-order valence-electron chi connectivity index (χ3n) is 2.74. The average molecular weight is 262 g/mol. The van der Waals surface area contributed by atoms with Crippen LogP contribution in [-0.2, 0) is 19.5 Å². The summed E-state index contributed by atoms with van der Waals surface area (Å²) in [6.45, 7) is 5.08. The van der Waals surface area contributed by atoms with E-state index >= 15 is 0 Å². The summed E-state index contributed by atoms with van der Waals surface area (Å²) in [5.41, 5.74) is -0.119. The molecule has 19 heavy (non-hydrogen) atoms. The van der Waals surface area contributed by atoms with E-state index in [1.54, 1.807) is 23.2 Å². The Morgan fingerprint density at radius 1 is 1.37 bits per heavy atom. The number of rotatable bonds is 6. The van der Waals surface area contributed by atoms with Crippen molar-refractivity contribution in [2.45, 2.75) is 39.8 Å². The van der Waals surface area contributed by atoms with E-state index in [0.717, 1.165) is 18.6 Å². The fraction of sp³-hybridized carbons (Fsp3) is 0.462. The van der Waals surface area contributed by atoms with E-state index in [0.29, 0.717) is 24.8 Å². The van der Waals surface area contributed by atoms with Gasteiger partial charge in [-0.15, -0.1) is 0 Å². The van der Waals surface area contributed by atoms with Crippen LogP contribution >= 0.6 is 0 Å². The summed E-state index contributed by atoms with van der Waals surface area (Å²) in [7, 11) is 0. The third kappa shape index (κ3) is 3.21. The monoisotopic (exact) mass is 262 g/mol. The molecule has 102 valence electrons. The van der Waals surface area contributed by atoms with E-state index in [2.05, 4.69) is 15.3 Å². The molecule has 0 saturated carbocycles. The molecule has 0 bridgehead atoms. The number of nitrogens with one attached hydrogen (secondary N) is 1. The van der Waals surface area contributed by atoms with Crippen molar-refractivity contribution in [3.8, 4) is 0 Å². The number of anilines is 1. The highest BCUT2D eigenvalue weighted by atomic mass is 16.4. The molecule has 0 unspecified atom stereocenters. The minimum absolute atomic E-state index is 0.119. The van der Waals surface area contributed by atoms with Crippen molar-refractivity contribution < 1.29 is 4.42 Å². The topological polar surface area (TPSA) is 73.0 Å². The molecular weight excluding hydrogens is 244 g/mol. The number of oxazole rings is 1. The molecule has 2 aromatic heterocycles. The van der Waals surface area contributed by atoms with Gasteiger partial charge < -0.3 is 14.3 Å². The zero-order valence-electron chi connectivity index (χ0n) is 11.2. The van der Waals surface area contributed by atoms with E-state index in [-0.39, 0.29) is 5.56 Å². The summed E-state index contributed by atoms with van der Waals surface area (Å²) in [5, 5.41) is 2.96. The highest BCUT2D eigenvalue weighted by molar-refractivity contribution is 5.30. The first-order valence-corrected chi connectivity index (χ1v) is 6.47. The molecule has 0 radical (unpaired) electrons. The summed E-state index contributed by atoms with van der Waals surface area (Å²) < 4.78 is 7.10. The highest BCUT2D eigenvalue weighted by Gasteiger charge is 2.06. The Morgan fingerprint density at radius 2 is 2.21 bits per heavy atom. The van der Waals surface area contributed by atoms with Gasteiger partial charge in [-0.05, 0) is 6.42 Å². The molecule has 6 nitrogen and oxygen atoms in total. The lowest BCUT2D eigenvalue weighted by Gasteiger charge is -2.06. The molecule has 1 N–H and O–H groups in total. The summed E-state index contributed by atoms with van der Waals surface area (Å²) >= 11 is 0. The Hall–Kier alpha value is -2.11. The van der Waals surface area contributed by atoms with Crippen LogP contribution < -0.4 is 10.9 Å². The van der Waals surface area contributed by atoms with Crippen molar-refractivity contribution in [1.29, 1.82) is 0 Å². The maximum Gasteiger partial charge on any atom is 0.293 e. The molecule has 0 aromatic carbocycles. The van der Waals surface area contributed by atoms with Crippen LogP contribution in [0.25, 0.3) is 0 Å². The molecule has 0 spiro atoms. The first-order chi connectivity index (χ1) is 9.24. The lowest BCUT2D eigenvalue weighted by molar-refractivity contribution is 0.465. The second-order valence-corrected chi connectivity index (χ2v) is 4.20. The molecule has 0 atom stereocenters. The minimum Gasteiger partial charge on any atom is -0.444 e. The average Bonchev–Trinajstić information content (AvgIpc) is 2.88. The number of hydrogen-bond donors (Lipinski definition) is 1. The van der Waals surface area contributed by atoms with Gasteiger partial charge in [-0.25, -0.2) is 9.97 Å². The lowest BCUT2D eigenvalue weighted by Crippen LogP contribution is -2.24. The fourth-order valence-electron chi connectivity index (χ4n) is 1.74. The van der Waals surface area contributed by atoms with E-state index in [1.807, 2.05) is 13.8 Å². The zero-order valence-corrected chi connectivity index (χ0v) is 11.2. The van der Waals surface area contributed by atoms with Gasteiger partial charge >= 0.3 is 0 Å². The van der Waals surface area contributed by atoms with Crippen molar-refractivity contribution in [3.63, 3.8) is 0 Å². The van der Waals surface area contributed by atoms with Gasteiger partial charge in [0.1, 0.15) is 5.76 Å². The third-order valence-corrected chi connectivity index (χ3v) is 2.74. The molecule has 0 amide bonds. The van der Waals surface area contributed by atoms with Crippen molar-refractivity contribution in [2.75, 3.05) is 5.32 Å². The quantitative estimate of drug-likeness (QED) is 0.859. The van der Waals surface area contributed by atoms with Gasteiger partial charge in [-0.1, -0.05) is 13.8 Å². The number of hydrogen-bond acceptors (Lipinski definition) is 5. The van der Waals surface area contributed by atoms with Crippen LogP contribution in [0.3, 0.4) is 0 Å². The van der Waals surface area contributed by atoms with Gasteiger partial charge in [0.2, 0.25) is 5.89 Å². The summed E-state index contributed by atoms with van der Waals surface area (Å²) in [6.07, 6.45) is 6.72.